The summed E-state index contributed by atoms with van der Waals surface area (Å²) in [7, 11) is 0. The van der Waals surface area contributed by atoms with Gasteiger partial charge in [0.05, 0.1) is 0 Å². The average Bonchev–Trinajstić information content (AvgIpc) is 1.68. The zero-order valence-electron chi connectivity index (χ0n) is 4.03. The molecule has 0 N–H and O–H groups in total. The topological polar surface area (TPSA) is 0 Å². The third-order valence-electron chi connectivity index (χ3n) is 0.590. The highest BCUT2D eigenvalue weighted by Crippen LogP contribution is 2.00. The van der Waals surface area contributed by atoms with Crippen molar-refractivity contribution in [2.24, 2.45) is 0 Å². The van der Waals surface area contributed by atoms with Gasteiger partial charge in [-0.15, -0.1) is 6.58 Å². The van der Waals surface area contributed by atoms with Crippen molar-refractivity contribution < 1.29 is 4.39 Å². The van der Waals surface area contributed by atoms with Gasteiger partial charge in [0.2, 0.25) is 0 Å². The van der Waals surface area contributed by atoms with E-state index in [0.717, 1.165) is 0 Å². The van der Waals surface area contributed by atoms with E-state index in [1.54, 1.807) is 6.08 Å². The summed E-state index contributed by atoms with van der Waals surface area (Å²) in [5.74, 6) is 0. The lowest BCUT2D eigenvalue weighted by atomic mass is 10.3. The van der Waals surface area contributed by atoms with Crippen LogP contribution in [0.25, 0.3) is 0 Å². The second kappa shape index (κ2) is 4.31. The molecule has 0 saturated heterocycles. The van der Waals surface area contributed by atoms with Crippen molar-refractivity contribution in [3.63, 3.8) is 0 Å². The van der Waals surface area contributed by atoms with Crippen molar-refractivity contribution in [1.82, 2.24) is 0 Å². The molecule has 0 bridgehead atoms. The molecule has 42 valence electrons. The van der Waals surface area contributed by atoms with Crippen LogP contribution < -0.4 is 0 Å². The number of allylic oxidation sites excluding steroid dienone is 1. The van der Waals surface area contributed by atoms with Crippen molar-refractivity contribution in [2.75, 3.05) is 5.33 Å². The van der Waals surface area contributed by atoms with Crippen molar-refractivity contribution >= 4 is 15.9 Å². The summed E-state index contributed by atoms with van der Waals surface area (Å²) in [6.07, 6.45) is 1.27. The van der Waals surface area contributed by atoms with Crippen LogP contribution in [-0.4, -0.2) is 11.5 Å². The van der Waals surface area contributed by atoms with E-state index in [1.807, 2.05) is 0 Å². The minimum atomic E-state index is -0.752. The Bertz CT molecular complexity index is 54.0. The fourth-order valence-corrected chi connectivity index (χ4v) is 0.508. The molecule has 0 rings (SSSR count). The fraction of sp³-hybridized carbons (Fsp3) is 0.600. The van der Waals surface area contributed by atoms with Crippen LogP contribution in [0.1, 0.15) is 6.42 Å². The molecule has 0 fully saturated rings. The van der Waals surface area contributed by atoms with Crippen molar-refractivity contribution in [3.05, 3.63) is 12.7 Å². The zero-order chi connectivity index (χ0) is 5.70. The molecule has 2 heteroatoms. The first kappa shape index (κ1) is 7.15. The van der Waals surface area contributed by atoms with Crippen LogP contribution in [0.15, 0.2) is 12.7 Å². The Kier molecular flexibility index (Phi) is 4.41. The molecule has 1 atom stereocenters. The zero-order valence-corrected chi connectivity index (χ0v) is 5.62. The van der Waals surface area contributed by atoms with Crippen molar-refractivity contribution in [1.29, 1.82) is 0 Å². The van der Waals surface area contributed by atoms with Gasteiger partial charge in [-0.25, -0.2) is 4.39 Å². The van der Waals surface area contributed by atoms with E-state index in [1.165, 1.54) is 0 Å². The van der Waals surface area contributed by atoms with Gasteiger partial charge in [-0.1, -0.05) is 22.0 Å². The lowest BCUT2D eigenvalue weighted by molar-refractivity contribution is 0.373. The third kappa shape index (κ3) is 3.99. The number of hydrogen-bond donors (Lipinski definition) is 0. The largest absolute Gasteiger partial charge is 0.246 e. The first-order valence-corrected chi connectivity index (χ1v) is 3.24. The summed E-state index contributed by atoms with van der Waals surface area (Å²) in [4.78, 5) is 0. The minimum Gasteiger partial charge on any atom is -0.246 e. The van der Waals surface area contributed by atoms with E-state index in [9.17, 15) is 4.39 Å². The summed E-state index contributed by atoms with van der Waals surface area (Å²) in [6, 6.07) is 0. The predicted molar refractivity (Wildman–Crippen MR) is 33.5 cm³/mol. The SMILES string of the molecule is C=CC[C@@H](F)CBr. The van der Waals surface area contributed by atoms with E-state index in [-0.39, 0.29) is 0 Å². The molecular weight excluding hydrogens is 159 g/mol. The normalized spacial score (nSPS) is 13.4. The minimum absolute atomic E-state index is 0.416. The molecule has 0 amide bonds. The first-order valence-electron chi connectivity index (χ1n) is 2.12. The highest BCUT2D eigenvalue weighted by molar-refractivity contribution is 9.09. The summed E-state index contributed by atoms with van der Waals surface area (Å²) in [6.45, 7) is 3.39. The van der Waals surface area contributed by atoms with E-state index in [2.05, 4.69) is 22.5 Å². The van der Waals surface area contributed by atoms with Gasteiger partial charge >= 0.3 is 0 Å². The van der Waals surface area contributed by atoms with E-state index in [4.69, 9.17) is 0 Å². The van der Waals surface area contributed by atoms with Crippen LogP contribution in [0.2, 0.25) is 0 Å². The monoisotopic (exact) mass is 166 g/mol. The quantitative estimate of drug-likeness (QED) is 0.446. The second-order valence-corrected chi connectivity index (χ2v) is 1.92. The van der Waals surface area contributed by atoms with Gasteiger partial charge in [0.1, 0.15) is 6.17 Å². The van der Waals surface area contributed by atoms with Gasteiger partial charge in [0, 0.05) is 5.33 Å². The molecule has 0 aromatic carbocycles. The van der Waals surface area contributed by atoms with Crippen LogP contribution in [0.4, 0.5) is 4.39 Å². The Labute approximate surface area is 51.5 Å². The molecule has 0 aliphatic carbocycles. The van der Waals surface area contributed by atoms with E-state index in [0.29, 0.717) is 11.8 Å². The summed E-state index contributed by atoms with van der Waals surface area (Å²) in [5, 5.41) is 0.416. The lowest BCUT2D eigenvalue weighted by Gasteiger charge is -1.94. The average molecular weight is 167 g/mol. The molecule has 0 spiro atoms. The van der Waals surface area contributed by atoms with Gasteiger partial charge in [-0.3, -0.25) is 0 Å². The maximum absolute atomic E-state index is 12.0. The van der Waals surface area contributed by atoms with Gasteiger partial charge in [0.15, 0.2) is 0 Å². The molecule has 0 aromatic rings. The van der Waals surface area contributed by atoms with Crippen LogP contribution in [0.3, 0.4) is 0 Å². The Balaban J connectivity index is 2.98. The highest BCUT2D eigenvalue weighted by Gasteiger charge is 1.97. The predicted octanol–water partition coefficient (Wildman–Crippen LogP) is 2.30. The standard InChI is InChI=1S/C5H8BrF/c1-2-3-5(7)4-6/h2,5H,1,3-4H2/t5-/m1/s1. The molecule has 0 aromatic heterocycles. The van der Waals surface area contributed by atoms with Crippen molar-refractivity contribution in [2.45, 2.75) is 12.6 Å². The first-order chi connectivity index (χ1) is 3.31. The summed E-state index contributed by atoms with van der Waals surface area (Å²) < 4.78 is 12.0. The molecule has 0 aliphatic rings. The lowest BCUT2D eigenvalue weighted by Crippen LogP contribution is -1.97. The van der Waals surface area contributed by atoms with Crippen LogP contribution in [0.5, 0.6) is 0 Å². The molecule has 0 heterocycles. The summed E-state index contributed by atoms with van der Waals surface area (Å²) in [5.41, 5.74) is 0. The Morgan fingerprint density at radius 3 is 2.57 bits per heavy atom. The van der Waals surface area contributed by atoms with Gasteiger partial charge in [0.25, 0.3) is 0 Å². The second-order valence-electron chi connectivity index (χ2n) is 1.28. The highest BCUT2D eigenvalue weighted by atomic mass is 79.9. The molecule has 0 unspecified atom stereocenters. The Morgan fingerprint density at radius 2 is 2.43 bits per heavy atom. The maximum atomic E-state index is 12.0. The van der Waals surface area contributed by atoms with Crippen LogP contribution in [0, 0.1) is 0 Å². The molecule has 0 aliphatic heterocycles. The van der Waals surface area contributed by atoms with Crippen molar-refractivity contribution in [3.8, 4) is 0 Å². The van der Waals surface area contributed by atoms with Crippen LogP contribution in [-0.2, 0) is 0 Å². The smallest absolute Gasteiger partial charge is 0.113 e. The fourth-order valence-electron chi connectivity index (χ4n) is 0.244. The van der Waals surface area contributed by atoms with Gasteiger partial charge in [-0.05, 0) is 6.42 Å². The Morgan fingerprint density at radius 1 is 1.86 bits per heavy atom. The Hall–Kier alpha value is 0.150. The van der Waals surface area contributed by atoms with E-state index >= 15 is 0 Å². The maximum Gasteiger partial charge on any atom is 0.113 e. The summed E-state index contributed by atoms with van der Waals surface area (Å²) >= 11 is 2.99. The molecule has 7 heavy (non-hydrogen) atoms. The van der Waals surface area contributed by atoms with Gasteiger partial charge < -0.3 is 0 Å². The van der Waals surface area contributed by atoms with Gasteiger partial charge in [-0.2, -0.15) is 0 Å². The number of rotatable bonds is 3. The molecule has 0 saturated carbocycles. The molecule has 0 radical (unpaired) electrons. The number of halogens is 2. The number of hydrogen-bond acceptors (Lipinski definition) is 0. The van der Waals surface area contributed by atoms with E-state index < -0.39 is 6.17 Å². The third-order valence-corrected chi connectivity index (χ3v) is 1.29. The van der Waals surface area contributed by atoms with Crippen LogP contribution >= 0.6 is 15.9 Å². The number of alkyl halides is 2. The molecule has 0 nitrogen and oxygen atoms in total. The molecular formula is C5H8BrF.